The first kappa shape index (κ1) is 12.6. The van der Waals surface area contributed by atoms with Crippen LogP contribution < -0.4 is 5.73 Å². The second kappa shape index (κ2) is 5.58. The zero-order valence-electron chi connectivity index (χ0n) is 8.37. The van der Waals surface area contributed by atoms with Crippen LogP contribution >= 0.6 is 11.6 Å². The summed E-state index contributed by atoms with van der Waals surface area (Å²) in [5, 5.41) is 0.313. The van der Waals surface area contributed by atoms with E-state index in [1.165, 1.54) is 12.1 Å². The topological polar surface area (TPSA) is 43.1 Å². The molecule has 0 saturated heterocycles. The lowest BCUT2D eigenvalue weighted by Crippen LogP contribution is -2.23. The molecule has 0 aliphatic carbocycles. The molecule has 2 nitrogen and oxygen atoms in total. The third-order valence-electron chi connectivity index (χ3n) is 1.82. The maximum Gasteiger partial charge on any atom is 0.128 e. The first-order valence-electron chi connectivity index (χ1n) is 4.54. The fourth-order valence-electron chi connectivity index (χ4n) is 1.18. The molecule has 2 unspecified atom stereocenters. The van der Waals surface area contributed by atoms with Gasteiger partial charge in [0.25, 0.3) is 0 Å². The highest BCUT2D eigenvalue weighted by Gasteiger charge is 2.11. The second-order valence-corrected chi connectivity index (χ2v) is 5.34. The maximum atomic E-state index is 13.3. The largest absolute Gasteiger partial charge is 0.327 e. The Morgan fingerprint density at radius 1 is 1.60 bits per heavy atom. The zero-order valence-corrected chi connectivity index (χ0v) is 9.95. The lowest BCUT2D eigenvalue weighted by atomic mass is 10.2. The highest BCUT2D eigenvalue weighted by atomic mass is 35.5. The SMILES string of the molecule is CC(N)CS(=O)Cc1c(F)cccc1Cl. The van der Waals surface area contributed by atoms with Gasteiger partial charge in [0.15, 0.2) is 0 Å². The Morgan fingerprint density at radius 2 is 2.27 bits per heavy atom. The van der Waals surface area contributed by atoms with E-state index in [0.29, 0.717) is 16.3 Å². The van der Waals surface area contributed by atoms with Crippen LogP contribution in [0.5, 0.6) is 0 Å². The Hall–Kier alpha value is -0.450. The molecular weight excluding hydrogens is 237 g/mol. The van der Waals surface area contributed by atoms with Crippen LogP contribution in [0.3, 0.4) is 0 Å². The van der Waals surface area contributed by atoms with E-state index < -0.39 is 16.6 Å². The van der Waals surface area contributed by atoms with Crippen molar-refractivity contribution in [3.8, 4) is 0 Å². The van der Waals surface area contributed by atoms with E-state index in [-0.39, 0.29) is 11.8 Å². The summed E-state index contributed by atoms with van der Waals surface area (Å²) in [5.41, 5.74) is 5.81. The summed E-state index contributed by atoms with van der Waals surface area (Å²) in [5.74, 6) is 0.0538. The fraction of sp³-hybridized carbons (Fsp3) is 0.400. The van der Waals surface area contributed by atoms with Crippen LogP contribution in [0.2, 0.25) is 5.02 Å². The van der Waals surface area contributed by atoms with E-state index in [0.717, 1.165) is 0 Å². The Kier molecular flexibility index (Phi) is 4.70. The van der Waals surface area contributed by atoms with Gasteiger partial charge in [0.05, 0.1) is 5.75 Å². The van der Waals surface area contributed by atoms with Crippen LogP contribution in [-0.2, 0) is 16.6 Å². The standard InChI is InChI=1S/C10H13ClFNOS/c1-7(13)5-15(14)6-8-9(11)3-2-4-10(8)12/h2-4,7H,5-6,13H2,1H3. The van der Waals surface area contributed by atoms with E-state index in [2.05, 4.69) is 0 Å². The van der Waals surface area contributed by atoms with Crippen molar-refractivity contribution in [1.82, 2.24) is 0 Å². The van der Waals surface area contributed by atoms with E-state index in [1.54, 1.807) is 13.0 Å². The molecule has 0 aliphatic heterocycles. The average Bonchev–Trinajstić information content (AvgIpc) is 2.10. The predicted molar refractivity (Wildman–Crippen MR) is 61.8 cm³/mol. The van der Waals surface area contributed by atoms with Crippen molar-refractivity contribution >= 4 is 22.4 Å². The smallest absolute Gasteiger partial charge is 0.128 e. The Bertz CT molecular complexity index is 350. The van der Waals surface area contributed by atoms with Crippen molar-refractivity contribution in [3.63, 3.8) is 0 Å². The summed E-state index contributed by atoms with van der Waals surface area (Å²) in [7, 11) is -1.17. The molecule has 2 N–H and O–H groups in total. The van der Waals surface area contributed by atoms with Crippen molar-refractivity contribution in [2.75, 3.05) is 5.75 Å². The van der Waals surface area contributed by atoms with Crippen LogP contribution in [0.15, 0.2) is 18.2 Å². The molecule has 0 bridgehead atoms. The van der Waals surface area contributed by atoms with Gasteiger partial charge in [0, 0.05) is 33.2 Å². The average molecular weight is 250 g/mol. The van der Waals surface area contributed by atoms with Gasteiger partial charge < -0.3 is 5.73 Å². The number of benzene rings is 1. The van der Waals surface area contributed by atoms with Gasteiger partial charge in [-0.25, -0.2) is 4.39 Å². The molecule has 0 spiro atoms. The van der Waals surface area contributed by atoms with Crippen LogP contribution in [0.1, 0.15) is 12.5 Å². The maximum absolute atomic E-state index is 13.3. The summed E-state index contributed by atoms with van der Waals surface area (Å²) in [4.78, 5) is 0. The molecule has 1 rings (SSSR count). The third-order valence-corrected chi connectivity index (χ3v) is 3.68. The number of hydrogen-bond donors (Lipinski definition) is 1. The minimum atomic E-state index is -1.17. The molecule has 0 radical (unpaired) electrons. The highest BCUT2D eigenvalue weighted by Crippen LogP contribution is 2.20. The molecule has 0 heterocycles. The van der Waals surface area contributed by atoms with Gasteiger partial charge in [-0.05, 0) is 19.1 Å². The summed E-state index contributed by atoms with van der Waals surface area (Å²) in [6, 6.07) is 4.26. The number of halogens is 2. The summed E-state index contributed by atoms with van der Waals surface area (Å²) in [6.45, 7) is 1.76. The lowest BCUT2D eigenvalue weighted by Gasteiger charge is -2.07. The summed E-state index contributed by atoms with van der Waals surface area (Å²) >= 11 is 5.80. The van der Waals surface area contributed by atoms with Gasteiger partial charge in [0.2, 0.25) is 0 Å². The molecule has 15 heavy (non-hydrogen) atoms. The Balaban J connectivity index is 2.76. The molecule has 0 aromatic heterocycles. The van der Waals surface area contributed by atoms with Gasteiger partial charge in [0.1, 0.15) is 5.82 Å². The minimum absolute atomic E-state index is 0.118. The van der Waals surface area contributed by atoms with Crippen molar-refractivity contribution in [3.05, 3.63) is 34.6 Å². The molecular formula is C10H13ClFNOS. The Morgan fingerprint density at radius 3 is 2.80 bits per heavy atom. The second-order valence-electron chi connectivity index (χ2n) is 3.43. The highest BCUT2D eigenvalue weighted by molar-refractivity contribution is 7.84. The van der Waals surface area contributed by atoms with Gasteiger partial charge in [-0.15, -0.1) is 0 Å². The normalized spacial score (nSPS) is 14.9. The van der Waals surface area contributed by atoms with Crippen molar-refractivity contribution in [2.45, 2.75) is 18.7 Å². The summed E-state index contributed by atoms with van der Waals surface area (Å²) < 4.78 is 24.8. The monoisotopic (exact) mass is 249 g/mol. The van der Waals surface area contributed by atoms with Gasteiger partial charge in [-0.2, -0.15) is 0 Å². The number of rotatable bonds is 4. The fourth-order valence-corrected chi connectivity index (χ4v) is 2.81. The number of hydrogen-bond acceptors (Lipinski definition) is 2. The molecule has 84 valence electrons. The lowest BCUT2D eigenvalue weighted by molar-refractivity contribution is 0.615. The summed E-state index contributed by atoms with van der Waals surface area (Å²) in [6.07, 6.45) is 0. The van der Waals surface area contributed by atoms with Gasteiger partial charge in [-0.3, -0.25) is 4.21 Å². The van der Waals surface area contributed by atoms with E-state index in [4.69, 9.17) is 17.3 Å². The molecule has 0 amide bonds. The van der Waals surface area contributed by atoms with E-state index >= 15 is 0 Å². The van der Waals surface area contributed by atoms with Crippen LogP contribution in [-0.4, -0.2) is 16.0 Å². The first-order valence-corrected chi connectivity index (χ1v) is 6.40. The Labute approximate surface area is 96.1 Å². The molecule has 1 aromatic carbocycles. The molecule has 0 aliphatic rings. The molecule has 0 fully saturated rings. The zero-order chi connectivity index (χ0) is 11.4. The molecule has 5 heteroatoms. The first-order chi connectivity index (χ1) is 7.00. The predicted octanol–water partition coefficient (Wildman–Crippen LogP) is 2.08. The van der Waals surface area contributed by atoms with E-state index in [9.17, 15) is 8.60 Å². The quantitative estimate of drug-likeness (QED) is 0.888. The molecule has 0 saturated carbocycles. The van der Waals surface area contributed by atoms with Crippen LogP contribution in [0.4, 0.5) is 4.39 Å². The van der Waals surface area contributed by atoms with Crippen molar-refractivity contribution < 1.29 is 8.60 Å². The van der Waals surface area contributed by atoms with Crippen molar-refractivity contribution in [2.24, 2.45) is 5.73 Å². The van der Waals surface area contributed by atoms with Crippen LogP contribution in [0, 0.1) is 5.82 Å². The molecule has 2 atom stereocenters. The number of nitrogens with two attached hydrogens (primary N) is 1. The van der Waals surface area contributed by atoms with Crippen molar-refractivity contribution in [1.29, 1.82) is 0 Å². The molecule has 1 aromatic rings. The van der Waals surface area contributed by atoms with Gasteiger partial charge in [-0.1, -0.05) is 17.7 Å². The van der Waals surface area contributed by atoms with Gasteiger partial charge >= 0.3 is 0 Å². The minimum Gasteiger partial charge on any atom is -0.327 e. The third kappa shape index (κ3) is 3.89. The van der Waals surface area contributed by atoms with Crippen LogP contribution in [0.25, 0.3) is 0 Å². The van der Waals surface area contributed by atoms with E-state index in [1.807, 2.05) is 0 Å².